The Hall–Kier alpha value is -1.39. The molecule has 22 heavy (non-hydrogen) atoms. The maximum absolute atomic E-state index is 12.3. The summed E-state index contributed by atoms with van der Waals surface area (Å²) in [6.07, 6.45) is 0.894. The van der Waals surface area contributed by atoms with Crippen LogP contribution in [0.4, 0.5) is 0 Å². The normalized spacial score (nSPS) is 18.1. The molecule has 0 saturated carbocycles. The number of rotatable bonds is 3. The summed E-state index contributed by atoms with van der Waals surface area (Å²) in [5, 5.41) is 1.34. The minimum Gasteiger partial charge on any atom is -0.415 e. The fourth-order valence-corrected chi connectivity index (χ4v) is 3.96. The van der Waals surface area contributed by atoms with E-state index in [-0.39, 0.29) is 16.6 Å². The molecule has 1 aromatic carbocycles. The number of hydrogen-bond donors (Lipinski definition) is 0. The van der Waals surface area contributed by atoms with Crippen LogP contribution in [-0.4, -0.2) is 19.5 Å². The van der Waals surface area contributed by atoms with Gasteiger partial charge < -0.3 is 8.99 Å². The van der Waals surface area contributed by atoms with Crippen molar-refractivity contribution >= 4 is 19.2 Å². The quantitative estimate of drug-likeness (QED) is 0.798. The molecule has 3 rings (SSSR count). The SMILES string of the molecule is CC(C)(C)[Si](C)(C)OCC1Cc2cccc3ccc(=O)n1c23. The topological polar surface area (TPSA) is 31.2 Å². The van der Waals surface area contributed by atoms with Gasteiger partial charge in [0.05, 0.1) is 18.2 Å². The van der Waals surface area contributed by atoms with Gasteiger partial charge in [0.15, 0.2) is 8.32 Å². The van der Waals surface area contributed by atoms with Gasteiger partial charge in [-0.05, 0) is 41.6 Å². The van der Waals surface area contributed by atoms with Crippen molar-refractivity contribution in [2.24, 2.45) is 0 Å². The molecule has 2 heterocycles. The molecule has 1 atom stereocenters. The van der Waals surface area contributed by atoms with E-state index in [1.165, 1.54) is 5.56 Å². The standard InChI is InChI=1S/C18H25NO2Si/c1-18(2,3)22(4,5)21-12-15-11-14-8-6-7-13-9-10-16(20)19(15)17(13)14/h6-10,15H,11-12H2,1-5H3. The van der Waals surface area contributed by atoms with Crippen LogP contribution in [0.2, 0.25) is 18.1 Å². The second-order valence-electron chi connectivity index (χ2n) is 7.83. The second-order valence-corrected chi connectivity index (χ2v) is 12.6. The zero-order chi connectivity index (χ0) is 16.1. The highest BCUT2D eigenvalue weighted by molar-refractivity contribution is 6.74. The average molecular weight is 315 g/mol. The van der Waals surface area contributed by atoms with Gasteiger partial charge in [-0.2, -0.15) is 0 Å². The third-order valence-electron chi connectivity index (χ3n) is 5.30. The van der Waals surface area contributed by atoms with Crippen LogP contribution < -0.4 is 5.56 Å². The van der Waals surface area contributed by atoms with Crippen molar-refractivity contribution in [3.8, 4) is 0 Å². The van der Waals surface area contributed by atoms with Gasteiger partial charge in [0, 0.05) is 6.07 Å². The summed E-state index contributed by atoms with van der Waals surface area (Å²) in [6.45, 7) is 11.9. The molecule has 1 aliphatic rings. The van der Waals surface area contributed by atoms with E-state index in [9.17, 15) is 4.79 Å². The van der Waals surface area contributed by atoms with E-state index in [1.54, 1.807) is 6.07 Å². The van der Waals surface area contributed by atoms with E-state index in [1.807, 2.05) is 10.6 Å². The molecule has 0 radical (unpaired) electrons. The van der Waals surface area contributed by atoms with Gasteiger partial charge in [-0.1, -0.05) is 39.0 Å². The lowest BCUT2D eigenvalue weighted by molar-refractivity contribution is 0.234. The number of para-hydroxylation sites is 1. The fraction of sp³-hybridized carbons (Fsp3) is 0.500. The van der Waals surface area contributed by atoms with Crippen LogP contribution in [0.3, 0.4) is 0 Å². The molecular formula is C18H25NO2Si. The molecule has 3 nitrogen and oxygen atoms in total. The zero-order valence-corrected chi connectivity index (χ0v) is 15.1. The van der Waals surface area contributed by atoms with Gasteiger partial charge in [-0.3, -0.25) is 4.79 Å². The largest absolute Gasteiger partial charge is 0.415 e. The monoisotopic (exact) mass is 315 g/mol. The highest BCUT2D eigenvalue weighted by atomic mass is 28.4. The summed E-state index contributed by atoms with van der Waals surface area (Å²) >= 11 is 0. The van der Waals surface area contributed by atoms with Crippen LogP contribution >= 0.6 is 0 Å². The Labute approximate surface area is 133 Å². The molecule has 0 amide bonds. The van der Waals surface area contributed by atoms with Gasteiger partial charge in [0.1, 0.15) is 0 Å². The molecule has 1 unspecified atom stereocenters. The van der Waals surface area contributed by atoms with Crippen molar-refractivity contribution < 1.29 is 4.43 Å². The van der Waals surface area contributed by atoms with Crippen LogP contribution in [0, 0.1) is 0 Å². The lowest BCUT2D eigenvalue weighted by Gasteiger charge is -2.37. The maximum Gasteiger partial charge on any atom is 0.251 e. The summed E-state index contributed by atoms with van der Waals surface area (Å²) < 4.78 is 8.32. The van der Waals surface area contributed by atoms with Crippen molar-refractivity contribution in [3.63, 3.8) is 0 Å². The van der Waals surface area contributed by atoms with E-state index in [2.05, 4.69) is 52.1 Å². The van der Waals surface area contributed by atoms with Gasteiger partial charge in [0.25, 0.3) is 5.56 Å². The summed E-state index contributed by atoms with van der Waals surface area (Å²) in [5.41, 5.74) is 2.44. The van der Waals surface area contributed by atoms with E-state index in [0.29, 0.717) is 6.61 Å². The second kappa shape index (κ2) is 5.07. The first-order valence-corrected chi connectivity index (χ1v) is 10.9. The van der Waals surface area contributed by atoms with E-state index >= 15 is 0 Å². The molecule has 0 N–H and O–H groups in total. The van der Waals surface area contributed by atoms with E-state index < -0.39 is 8.32 Å². The number of nitrogens with zero attached hydrogens (tertiary/aromatic N) is 1. The van der Waals surface area contributed by atoms with Crippen LogP contribution in [-0.2, 0) is 10.8 Å². The minimum absolute atomic E-state index is 0.0845. The highest BCUT2D eigenvalue weighted by Gasteiger charge is 2.38. The molecule has 0 fully saturated rings. The van der Waals surface area contributed by atoms with Crippen molar-refractivity contribution in [1.82, 2.24) is 4.57 Å². The lowest BCUT2D eigenvalue weighted by atomic mass is 10.1. The predicted molar refractivity (Wildman–Crippen MR) is 94.1 cm³/mol. The Bertz CT molecular complexity index is 771. The molecule has 1 aromatic heterocycles. The third-order valence-corrected chi connectivity index (χ3v) is 9.80. The Morgan fingerprint density at radius 3 is 2.64 bits per heavy atom. The minimum atomic E-state index is -1.79. The number of benzene rings is 1. The first-order valence-electron chi connectivity index (χ1n) is 7.98. The van der Waals surface area contributed by atoms with Crippen LogP contribution in [0.15, 0.2) is 35.1 Å². The Morgan fingerprint density at radius 2 is 1.95 bits per heavy atom. The molecule has 0 saturated heterocycles. The van der Waals surface area contributed by atoms with Gasteiger partial charge in [0.2, 0.25) is 0 Å². The third kappa shape index (κ3) is 2.44. The summed E-state index contributed by atoms with van der Waals surface area (Å²) in [7, 11) is -1.79. The van der Waals surface area contributed by atoms with Gasteiger partial charge in [-0.25, -0.2) is 0 Å². The molecule has 0 spiro atoms. The molecule has 118 valence electrons. The molecule has 0 aliphatic carbocycles. The summed E-state index contributed by atoms with van der Waals surface area (Å²) in [5.74, 6) is 0. The van der Waals surface area contributed by atoms with E-state index in [0.717, 1.165) is 17.3 Å². The molecule has 4 heteroatoms. The predicted octanol–water partition coefficient (Wildman–Crippen LogP) is 4.12. The van der Waals surface area contributed by atoms with Crippen molar-refractivity contribution in [3.05, 3.63) is 46.2 Å². The first kappa shape index (κ1) is 15.5. The van der Waals surface area contributed by atoms with Crippen LogP contribution in [0.1, 0.15) is 32.4 Å². The Morgan fingerprint density at radius 1 is 1.23 bits per heavy atom. The van der Waals surface area contributed by atoms with Gasteiger partial charge >= 0.3 is 0 Å². The maximum atomic E-state index is 12.3. The molecule has 0 bridgehead atoms. The summed E-state index contributed by atoms with van der Waals surface area (Å²) in [6, 6.07) is 10.0. The van der Waals surface area contributed by atoms with Crippen molar-refractivity contribution in [2.75, 3.05) is 6.61 Å². The van der Waals surface area contributed by atoms with Crippen molar-refractivity contribution in [2.45, 2.75) is 51.4 Å². The van der Waals surface area contributed by atoms with Gasteiger partial charge in [-0.15, -0.1) is 0 Å². The average Bonchev–Trinajstić information content (AvgIpc) is 2.80. The number of hydrogen-bond acceptors (Lipinski definition) is 2. The Kier molecular flexibility index (Phi) is 3.57. The lowest BCUT2D eigenvalue weighted by Crippen LogP contribution is -2.42. The first-order chi connectivity index (χ1) is 10.2. The Balaban J connectivity index is 1.92. The van der Waals surface area contributed by atoms with E-state index in [4.69, 9.17) is 4.43 Å². The zero-order valence-electron chi connectivity index (χ0n) is 14.1. The molecule has 2 aromatic rings. The molecule has 1 aliphatic heterocycles. The number of aromatic nitrogens is 1. The van der Waals surface area contributed by atoms with Crippen LogP contribution in [0.5, 0.6) is 0 Å². The highest BCUT2D eigenvalue weighted by Crippen LogP contribution is 2.38. The molecular weight excluding hydrogens is 290 g/mol. The fourth-order valence-electron chi connectivity index (χ4n) is 2.92. The van der Waals surface area contributed by atoms with Crippen molar-refractivity contribution in [1.29, 1.82) is 0 Å². The van der Waals surface area contributed by atoms with Crippen LogP contribution in [0.25, 0.3) is 10.9 Å². The summed E-state index contributed by atoms with van der Waals surface area (Å²) in [4.78, 5) is 12.3. The number of pyridine rings is 1. The smallest absolute Gasteiger partial charge is 0.251 e.